The van der Waals surface area contributed by atoms with Gasteiger partial charge >= 0.3 is 5.97 Å². The monoisotopic (exact) mass is 270 g/mol. The van der Waals surface area contributed by atoms with E-state index in [1.807, 2.05) is 12.1 Å². The smallest absolute Gasteiger partial charge is 0.338 e. The summed E-state index contributed by atoms with van der Waals surface area (Å²) in [4.78, 5) is 11.7. The van der Waals surface area contributed by atoms with E-state index in [2.05, 4.69) is 31.2 Å². The number of carbonyl (C=O) groups is 1. The largest absolute Gasteiger partial charge is 0.460 e. The number of esters is 1. The maximum absolute atomic E-state index is 11.7. The minimum absolute atomic E-state index is 0.273. The molecule has 0 aromatic heterocycles. The van der Waals surface area contributed by atoms with E-state index >= 15 is 0 Å². The van der Waals surface area contributed by atoms with E-state index < -0.39 is 0 Å². The molecule has 0 spiro atoms. The normalized spacial score (nSPS) is 10.3. The molecule has 0 unspecified atom stereocenters. The van der Waals surface area contributed by atoms with Crippen LogP contribution in [0.4, 0.5) is 0 Å². The predicted octanol–water partition coefficient (Wildman–Crippen LogP) is 3.47. The fourth-order valence-corrected chi connectivity index (χ4v) is 1.85. The number of benzene rings is 2. The maximum atomic E-state index is 11.7. The molecule has 0 fully saturated rings. The first-order valence-electron chi connectivity index (χ1n) is 6.54. The Morgan fingerprint density at radius 2 is 1.45 bits per heavy atom. The van der Waals surface area contributed by atoms with Gasteiger partial charge < -0.3 is 9.47 Å². The zero-order chi connectivity index (χ0) is 14.4. The standard InChI is InChI=1S/C17H18O3/c1-13-3-5-14(6-4-13)15-7-9-16(10-8-15)17(18)20-12-11-19-2/h3-10H,11-12H2,1-2H3. The highest BCUT2D eigenvalue weighted by molar-refractivity contribution is 5.90. The zero-order valence-corrected chi connectivity index (χ0v) is 11.8. The van der Waals surface area contributed by atoms with Crippen LogP contribution < -0.4 is 0 Å². The molecule has 0 amide bonds. The van der Waals surface area contributed by atoms with Gasteiger partial charge in [0.05, 0.1) is 12.2 Å². The van der Waals surface area contributed by atoms with Crippen LogP contribution in [0.5, 0.6) is 0 Å². The number of ether oxygens (including phenoxy) is 2. The highest BCUT2D eigenvalue weighted by Gasteiger charge is 2.07. The number of rotatable bonds is 5. The van der Waals surface area contributed by atoms with Crippen molar-refractivity contribution in [2.75, 3.05) is 20.3 Å². The average molecular weight is 270 g/mol. The zero-order valence-electron chi connectivity index (χ0n) is 11.8. The number of hydrogen-bond acceptors (Lipinski definition) is 3. The molecule has 2 rings (SSSR count). The van der Waals surface area contributed by atoms with Gasteiger partial charge in [-0.2, -0.15) is 0 Å². The van der Waals surface area contributed by atoms with Crippen LogP contribution in [0.1, 0.15) is 15.9 Å². The van der Waals surface area contributed by atoms with Crippen LogP contribution in [0, 0.1) is 6.92 Å². The highest BCUT2D eigenvalue weighted by atomic mass is 16.6. The topological polar surface area (TPSA) is 35.5 Å². The SMILES string of the molecule is COCCOC(=O)c1ccc(-c2ccc(C)cc2)cc1. The van der Waals surface area contributed by atoms with Crippen LogP contribution in [-0.4, -0.2) is 26.3 Å². The molecule has 0 bridgehead atoms. The molecule has 3 nitrogen and oxygen atoms in total. The molecule has 104 valence electrons. The lowest BCUT2D eigenvalue weighted by atomic mass is 10.0. The summed E-state index contributed by atoms with van der Waals surface area (Å²) in [5.74, 6) is -0.322. The Hall–Kier alpha value is -2.13. The van der Waals surface area contributed by atoms with Crippen LogP contribution in [0.2, 0.25) is 0 Å². The first-order valence-corrected chi connectivity index (χ1v) is 6.54. The highest BCUT2D eigenvalue weighted by Crippen LogP contribution is 2.20. The van der Waals surface area contributed by atoms with Crippen LogP contribution >= 0.6 is 0 Å². The Morgan fingerprint density at radius 3 is 2.00 bits per heavy atom. The lowest BCUT2D eigenvalue weighted by Gasteiger charge is -2.06. The van der Waals surface area contributed by atoms with Crippen molar-refractivity contribution in [2.24, 2.45) is 0 Å². The third-order valence-electron chi connectivity index (χ3n) is 3.03. The number of aryl methyl sites for hydroxylation is 1. The van der Waals surface area contributed by atoms with E-state index in [1.54, 1.807) is 19.2 Å². The van der Waals surface area contributed by atoms with Gasteiger partial charge in [-0.1, -0.05) is 42.0 Å². The second kappa shape index (κ2) is 6.87. The molecule has 0 N–H and O–H groups in total. The third-order valence-corrected chi connectivity index (χ3v) is 3.03. The Morgan fingerprint density at radius 1 is 0.900 bits per heavy atom. The Bertz CT molecular complexity index is 556. The second-order valence-electron chi connectivity index (χ2n) is 4.57. The molecule has 0 atom stereocenters. The van der Waals surface area contributed by atoms with Gasteiger partial charge in [-0.25, -0.2) is 4.79 Å². The van der Waals surface area contributed by atoms with Crippen molar-refractivity contribution in [1.29, 1.82) is 0 Å². The quantitative estimate of drug-likeness (QED) is 0.616. The first kappa shape index (κ1) is 14.3. The lowest BCUT2D eigenvalue weighted by Crippen LogP contribution is -2.09. The molecule has 3 heteroatoms. The molecule has 20 heavy (non-hydrogen) atoms. The van der Waals surface area contributed by atoms with Crippen molar-refractivity contribution < 1.29 is 14.3 Å². The van der Waals surface area contributed by atoms with Gasteiger partial charge in [0, 0.05) is 7.11 Å². The van der Waals surface area contributed by atoms with E-state index in [0.717, 1.165) is 11.1 Å². The molecule has 0 heterocycles. The fraction of sp³-hybridized carbons (Fsp3) is 0.235. The third kappa shape index (κ3) is 3.68. The van der Waals surface area contributed by atoms with E-state index in [1.165, 1.54) is 5.56 Å². The molecule has 0 aliphatic carbocycles. The summed E-state index contributed by atoms with van der Waals surface area (Å²) in [6.45, 7) is 2.74. The summed E-state index contributed by atoms with van der Waals surface area (Å²) < 4.78 is 9.90. The molecule has 0 aliphatic heterocycles. The van der Waals surface area contributed by atoms with E-state index in [0.29, 0.717) is 12.2 Å². The van der Waals surface area contributed by atoms with Crippen molar-refractivity contribution in [3.63, 3.8) is 0 Å². The van der Waals surface area contributed by atoms with Crippen molar-refractivity contribution in [2.45, 2.75) is 6.92 Å². The van der Waals surface area contributed by atoms with Gasteiger partial charge in [-0.15, -0.1) is 0 Å². The van der Waals surface area contributed by atoms with Gasteiger partial charge in [0.15, 0.2) is 0 Å². The summed E-state index contributed by atoms with van der Waals surface area (Å²) in [6, 6.07) is 15.7. The van der Waals surface area contributed by atoms with Gasteiger partial charge in [-0.3, -0.25) is 0 Å². The summed E-state index contributed by atoms with van der Waals surface area (Å²) in [5.41, 5.74) is 4.00. The predicted molar refractivity (Wildman–Crippen MR) is 78.8 cm³/mol. The van der Waals surface area contributed by atoms with Crippen LogP contribution in [0.3, 0.4) is 0 Å². The molecule has 0 saturated carbocycles. The molecule has 0 saturated heterocycles. The summed E-state index contributed by atoms with van der Waals surface area (Å²) in [7, 11) is 1.57. The summed E-state index contributed by atoms with van der Waals surface area (Å²) in [6.07, 6.45) is 0. The summed E-state index contributed by atoms with van der Waals surface area (Å²) in [5, 5.41) is 0. The van der Waals surface area contributed by atoms with E-state index in [-0.39, 0.29) is 12.6 Å². The van der Waals surface area contributed by atoms with Crippen molar-refractivity contribution in [3.8, 4) is 11.1 Å². The molecule has 2 aromatic rings. The summed E-state index contributed by atoms with van der Waals surface area (Å²) >= 11 is 0. The second-order valence-corrected chi connectivity index (χ2v) is 4.57. The van der Waals surface area contributed by atoms with Crippen molar-refractivity contribution in [1.82, 2.24) is 0 Å². The van der Waals surface area contributed by atoms with Crippen LogP contribution in [0.15, 0.2) is 48.5 Å². The van der Waals surface area contributed by atoms with E-state index in [9.17, 15) is 4.79 Å². The van der Waals surface area contributed by atoms with Crippen LogP contribution in [0.25, 0.3) is 11.1 Å². The van der Waals surface area contributed by atoms with Gasteiger partial charge in [0.1, 0.15) is 6.61 Å². The molecule has 0 aliphatic rings. The number of methoxy groups -OCH3 is 1. The molecule has 2 aromatic carbocycles. The number of hydrogen-bond donors (Lipinski definition) is 0. The fourth-order valence-electron chi connectivity index (χ4n) is 1.85. The minimum atomic E-state index is -0.322. The molecular formula is C17H18O3. The van der Waals surface area contributed by atoms with Crippen LogP contribution in [-0.2, 0) is 9.47 Å². The Kier molecular flexibility index (Phi) is 4.91. The molecule has 0 radical (unpaired) electrons. The van der Waals surface area contributed by atoms with Gasteiger partial charge in [0.25, 0.3) is 0 Å². The lowest BCUT2D eigenvalue weighted by molar-refractivity contribution is 0.0388. The van der Waals surface area contributed by atoms with Gasteiger partial charge in [0.2, 0.25) is 0 Å². The average Bonchev–Trinajstić information content (AvgIpc) is 2.48. The molecular weight excluding hydrogens is 252 g/mol. The van der Waals surface area contributed by atoms with E-state index in [4.69, 9.17) is 9.47 Å². The van der Waals surface area contributed by atoms with Crippen molar-refractivity contribution in [3.05, 3.63) is 59.7 Å². The van der Waals surface area contributed by atoms with Crippen molar-refractivity contribution >= 4 is 5.97 Å². The van der Waals surface area contributed by atoms with Gasteiger partial charge in [-0.05, 0) is 30.2 Å². The first-order chi connectivity index (χ1) is 9.70. The maximum Gasteiger partial charge on any atom is 0.338 e. The Balaban J connectivity index is 2.06. The minimum Gasteiger partial charge on any atom is -0.460 e. The Labute approximate surface area is 119 Å². The number of carbonyl (C=O) groups excluding carboxylic acids is 1.